The van der Waals surface area contributed by atoms with E-state index in [1.54, 1.807) is 0 Å². The number of allylic oxidation sites excluding steroid dienone is 16. The molecule has 0 aliphatic rings. The highest BCUT2D eigenvalue weighted by Crippen LogP contribution is 2.43. The van der Waals surface area contributed by atoms with Gasteiger partial charge in [-0.15, -0.1) is 0 Å². The average molecular weight is 1030 g/mol. The van der Waals surface area contributed by atoms with Crippen molar-refractivity contribution in [2.24, 2.45) is 0 Å². The third-order valence-electron chi connectivity index (χ3n) is 11.5. The van der Waals surface area contributed by atoms with Gasteiger partial charge in [0.25, 0.3) is 0 Å². The van der Waals surface area contributed by atoms with Crippen LogP contribution in [-0.2, 0) is 42.2 Å². The van der Waals surface area contributed by atoms with Crippen LogP contribution in [-0.4, -0.2) is 66.5 Å². The number of unbranched alkanes of at least 4 members (excludes halogenated alkanes) is 18. The first-order valence-electron chi connectivity index (χ1n) is 28.1. The van der Waals surface area contributed by atoms with Crippen LogP contribution in [0.2, 0.25) is 0 Å². The fraction of sp³-hybridized carbons (Fsp3) is 0.683. The summed E-state index contributed by atoms with van der Waals surface area (Å²) in [6.07, 6.45) is 62.3. The second-order valence-electron chi connectivity index (χ2n) is 18.3. The van der Waals surface area contributed by atoms with E-state index in [1.807, 2.05) is 6.08 Å². The smallest absolute Gasteiger partial charge is 0.462 e. The van der Waals surface area contributed by atoms with E-state index in [-0.39, 0.29) is 25.9 Å². The zero-order valence-corrected chi connectivity index (χ0v) is 46.3. The minimum atomic E-state index is -4.76. The topological polar surface area (TPSA) is 155 Å². The third kappa shape index (κ3) is 51.3. The Labute approximate surface area is 438 Å². The predicted octanol–water partition coefficient (Wildman–Crippen LogP) is 16.5. The van der Waals surface area contributed by atoms with Crippen molar-refractivity contribution >= 4 is 25.7 Å². The molecular formula is C60H101O11P. The van der Waals surface area contributed by atoms with Crippen LogP contribution >= 0.6 is 7.82 Å². The highest BCUT2D eigenvalue weighted by atomic mass is 31.2. The lowest BCUT2D eigenvalue weighted by Gasteiger charge is -2.21. The van der Waals surface area contributed by atoms with Gasteiger partial charge < -0.3 is 24.2 Å². The Bertz CT molecular complexity index is 1580. The van der Waals surface area contributed by atoms with Gasteiger partial charge in [-0.25, -0.2) is 4.57 Å². The summed E-state index contributed by atoms with van der Waals surface area (Å²) in [5, 5.41) is 9.79. The van der Waals surface area contributed by atoms with Crippen molar-refractivity contribution in [1.82, 2.24) is 0 Å². The summed E-state index contributed by atoms with van der Waals surface area (Å²) in [5.41, 5.74) is 0. The number of phosphoric ester groups is 1. The largest absolute Gasteiger partial charge is 0.472 e. The van der Waals surface area contributed by atoms with E-state index in [0.29, 0.717) is 25.7 Å². The van der Waals surface area contributed by atoms with E-state index in [0.717, 1.165) is 116 Å². The molecule has 412 valence electrons. The van der Waals surface area contributed by atoms with Crippen molar-refractivity contribution < 1.29 is 52.2 Å². The van der Waals surface area contributed by atoms with Gasteiger partial charge >= 0.3 is 25.7 Å². The zero-order chi connectivity index (χ0) is 52.7. The van der Waals surface area contributed by atoms with Gasteiger partial charge in [-0.05, 0) is 89.9 Å². The summed E-state index contributed by atoms with van der Waals surface area (Å²) in [4.78, 5) is 48.4. The lowest BCUT2D eigenvalue weighted by molar-refractivity contribution is -0.161. The molecular weight excluding hydrogens is 928 g/mol. The van der Waals surface area contributed by atoms with Crippen molar-refractivity contribution in [3.8, 4) is 0 Å². The SMILES string of the molecule is CC/C=C\C/C=C\C/C=C\C/C=C\C/C=C\CCCC(=O)OCC(COP(=O)(O)OCC(CO)OC(=O)CCCCCCCCCCCCC)OC(=O)CCCCCCCCC/C=C\C/C=C\C/C=C\CC. The normalized spacial score (nSPS) is 14.1. The summed E-state index contributed by atoms with van der Waals surface area (Å²) in [6, 6.07) is 0. The Balaban J connectivity index is 4.84. The molecule has 0 fully saturated rings. The maximum Gasteiger partial charge on any atom is 0.472 e. The summed E-state index contributed by atoms with van der Waals surface area (Å²) in [5.74, 6) is -1.55. The first-order chi connectivity index (χ1) is 35.2. The second kappa shape index (κ2) is 53.7. The summed E-state index contributed by atoms with van der Waals surface area (Å²) < 4.78 is 39.4. The quantitative estimate of drug-likeness (QED) is 0.0197. The minimum absolute atomic E-state index is 0.141. The van der Waals surface area contributed by atoms with Crippen molar-refractivity contribution in [2.45, 2.75) is 238 Å². The molecule has 72 heavy (non-hydrogen) atoms. The molecule has 0 heterocycles. The second-order valence-corrected chi connectivity index (χ2v) is 19.8. The van der Waals surface area contributed by atoms with Gasteiger partial charge in [-0.3, -0.25) is 23.4 Å². The number of aliphatic hydroxyl groups is 1. The minimum Gasteiger partial charge on any atom is -0.462 e. The van der Waals surface area contributed by atoms with Gasteiger partial charge in [-0.2, -0.15) is 0 Å². The molecule has 3 unspecified atom stereocenters. The van der Waals surface area contributed by atoms with Crippen LogP contribution in [0.4, 0.5) is 0 Å². The van der Waals surface area contributed by atoms with E-state index in [2.05, 4.69) is 112 Å². The maximum absolute atomic E-state index is 12.9. The van der Waals surface area contributed by atoms with Gasteiger partial charge in [-0.1, -0.05) is 214 Å². The van der Waals surface area contributed by atoms with E-state index in [4.69, 9.17) is 23.3 Å². The fourth-order valence-electron chi connectivity index (χ4n) is 7.29. The summed E-state index contributed by atoms with van der Waals surface area (Å²) in [6.45, 7) is 4.33. The van der Waals surface area contributed by atoms with Gasteiger partial charge in [0.15, 0.2) is 6.10 Å². The van der Waals surface area contributed by atoms with Gasteiger partial charge in [0.1, 0.15) is 12.7 Å². The first kappa shape index (κ1) is 68.4. The number of carbonyl (C=O) groups excluding carboxylic acids is 3. The van der Waals surface area contributed by atoms with Gasteiger partial charge in [0, 0.05) is 19.3 Å². The summed E-state index contributed by atoms with van der Waals surface area (Å²) >= 11 is 0. The summed E-state index contributed by atoms with van der Waals surface area (Å²) in [7, 11) is -4.76. The molecule has 0 aromatic heterocycles. The molecule has 2 N–H and O–H groups in total. The average Bonchev–Trinajstić information content (AvgIpc) is 3.37. The van der Waals surface area contributed by atoms with Crippen LogP contribution in [0, 0.1) is 0 Å². The Hall–Kier alpha value is -3.60. The van der Waals surface area contributed by atoms with Crippen LogP contribution in [0.5, 0.6) is 0 Å². The molecule has 0 amide bonds. The molecule has 0 saturated carbocycles. The fourth-order valence-corrected chi connectivity index (χ4v) is 8.07. The number of aliphatic hydroxyl groups excluding tert-OH is 1. The Morgan fingerprint density at radius 3 is 1.15 bits per heavy atom. The number of phosphoric acid groups is 1. The first-order valence-corrected chi connectivity index (χ1v) is 29.6. The molecule has 12 heteroatoms. The van der Waals surface area contributed by atoms with Crippen LogP contribution < -0.4 is 0 Å². The van der Waals surface area contributed by atoms with E-state index >= 15 is 0 Å². The van der Waals surface area contributed by atoms with Crippen LogP contribution in [0.1, 0.15) is 226 Å². The van der Waals surface area contributed by atoms with Crippen LogP contribution in [0.3, 0.4) is 0 Å². The number of hydrogen-bond acceptors (Lipinski definition) is 10. The lowest BCUT2D eigenvalue weighted by atomic mass is 10.1. The highest BCUT2D eigenvalue weighted by Gasteiger charge is 2.28. The number of carbonyl (C=O) groups is 3. The molecule has 0 rings (SSSR count). The lowest BCUT2D eigenvalue weighted by Crippen LogP contribution is -2.30. The molecule has 0 saturated heterocycles. The number of hydrogen-bond donors (Lipinski definition) is 2. The van der Waals surface area contributed by atoms with E-state index in [9.17, 15) is 28.9 Å². The highest BCUT2D eigenvalue weighted by molar-refractivity contribution is 7.47. The molecule has 0 bridgehead atoms. The number of ether oxygens (including phenoxy) is 3. The third-order valence-corrected chi connectivity index (χ3v) is 12.5. The van der Waals surface area contributed by atoms with Gasteiger partial charge in [0.2, 0.25) is 0 Å². The zero-order valence-electron chi connectivity index (χ0n) is 45.4. The molecule has 11 nitrogen and oxygen atoms in total. The van der Waals surface area contributed by atoms with E-state index < -0.39 is 57.8 Å². The van der Waals surface area contributed by atoms with Crippen molar-refractivity contribution in [2.75, 3.05) is 26.4 Å². The Morgan fingerprint density at radius 2 is 0.736 bits per heavy atom. The van der Waals surface area contributed by atoms with Crippen molar-refractivity contribution in [1.29, 1.82) is 0 Å². The molecule has 0 aromatic carbocycles. The van der Waals surface area contributed by atoms with E-state index in [1.165, 1.54) is 44.9 Å². The molecule has 0 aliphatic heterocycles. The molecule has 0 aromatic rings. The van der Waals surface area contributed by atoms with Crippen molar-refractivity contribution in [3.63, 3.8) is 0 Å². The molecule has 0 radical (unpaired) electrons. The predicted molar refractivity (Wildman–Crippen MR) is 297 cm³/mol. The Kier molecular flexibility index (Phi) is 51.0. The number of esters is 3. The monoisotopic (exact) mass is 1030 g/mol. The van der Waals surface area contributed by atoms with Gasteiger partial charge in [0.05, 0.1) is 19.8 Å². The standard InChI is InChI=1S/C60H101O11P/c1-4-7-10-13-16-19-22-24-26-28-30-32-35-37-40-43-46-49-58(62)67-53-57(71-60(64)51-48-45-42-39-36-33-31-29-27-25-23-20-17-14-11-8-5-2)55-69-72(65,66)68-54-56(52-61)70-59(63)50-47-44-41-38-34-21-18-15-12-9-6-3/h7-8,10-11,16-17,19-20,24-27,30,32,37,40,56-57,61H,4-6,9,12-15,18,21-23,28-29,31,33-36,38-39,41-55H2,1-3H3,(H,65,66)/b10-7-,11-8-,19-16-,20-17-,26-24-,27-25-,32-30-,40-37-. The van der Waals surface area contributed by atoms with Crippen molar-refractivity contribution in [3.05, 3.63) is 97.2 Å². The molecule has 3 atom stereocenters. The Morgan fingerprint density at radius 1 is 0.403 bits per heavy atom. The maximum atomic E-state index is 12.9. The van der Waals surface area contributed by atoms with Crippen LogP contribution in [0.15, 0.2) is 97.2 Å². The van der Waals surface area contributed by atoms with Crippen LogP contribution in [0.25, 0.3) is 0 Å². The number of rotatable bonds is 51. The molecule has 0 spiro atoms. The molecule has 0 aliphatic carbocycles.